The summed E-state index contributed by atoms with van der Waals surface area (Å²) in [7, 11) is 0. The zero-order chi connectivity index (χ0) is 19.5. The summed E-state index contributed by atoms with van der Waals surface area (Å²) in [5.74, 6) is 1.03. The maximum Gasteiger partial charge on any atom is 0.229 e. The predicted molar refractivity (Wildman–Crippen MR) is 116 cm³/mol. The third-order valence-corrected chi connectivity index (χ3v) is 6.62. The first-order chi connectivity index (χ1) is 13.7. The molecule has 0 radical (unpaired) electrons. The van der Waals surface area contributed by atoms with Crippen LogP contribution in [0.15, 0.2) is 36.7 Å². The fourth-order valence-electron chi connectivity index (χ4n) is 3.77. The van der Waals surface area contributed by atoms with Gasteiger partial charge in [0, 0.05) is 23.7 Å². The second-order valence-electron chi connectivity index (χ2n) is 7.31. The number of carbonyl (C=O) groups excluding carboxylic acids is 1. The van der Waals surface area contributed by atoms with E-state index >= 15 is 0 Å². The van der Waals surface area contributed by atoms with Gasteiger partial charge in [-0.15, -0.1) is 11.3 Å². The van der Waals surface area contributed by atoms with Gasteiger partial charge in [-0.2, -0.15) is 0 Å². The summed E-state index contributed by atoms with van der Waals surface area (Å²) < 4.78 is 0. The molecular formula is C22H26N4OS. The van der Waals surface area contributed by atoms with Crippen LogP contribution in [-0.4, -0.2) is 29.0 Å². The Balaban J connectivity index is 1.49. The summed E-state index contributed by atoms with van der Waals surface area (Å²) in [6.45, 7) is 5.91. The van der Waals surface area contributed by atoms with Gasteiger partial charge in [-0.05, 0) is 49.4 Å². The zero-order valence-corrected chi connectivity index (χ0v) is 17.3. The number of fused-ring (bicyclic) bond motifs is 1. The Bertz CT molecular complexity index is 966. The number of piperidine rings is 1. The Morgan fingerprint density at radius 3 is 2.79 bits per heavy atom. The topological polar surface area (TPSA) is 58.1 Å². The zero-order valence-electron chi connectivity index (χ0n) is 16.4. The van der Waals surface area contributed by atoms with Crippen LogP contribution in [0.1, 0.15) is 37.1 Å². The van der Waals surface area contributed by atoms with Crippen molar-refractivity contribution in [2.75, 3.05) is 23.3 Å². The third-order valence-electron chi connectivity index (χ3n) is 5.43. The monoisotopic (exact) mass is 394 g/mol. The van der Waals surface area contributed by atoms with E-state index in [9.17, 15) is 4.79 Å². The Morgan fingerprint density at radius 2 is 2.04 bits per heavy atom. The highest BCUT2D eigenvalue weighted by molar-refractivity contribution is 7.18. The number of aromatic nitrogens is 2. The first kappa shape index (κ1) is 18.9. The lowest BCUT2D eigenvalue weighted by Crippen LogP contribution is -2.41. The van der Waals surface area contributed by atoms with Crippen LogP contribution < -0.4 is 10.2 Å². The minimum absolute atomic E-state index is 0.0334. The van der Waals surface area contributed by atoms with Crippen LogP contribution in [0.5, 0.6) is 0 Å². The highest BCUT2D eigenvalue weighted by Gasteiger charge is 2.28. The quantitative estimate of drug-likeness (QED) is 0.683. The van der Waals surface area contributed by atoms with Gasteiger partial charge in [-0.1, -0.05) is 26.0 Å². The molecule has 4 rings (SSSR count). The maximum atomic E-state index is 12.8. The largest absolute Gasteiger partial charge is 0.355 e. The lowest BCUT2D eigenvalue weighted by Gasteiger charge is -2.33. The summed E-state index contributed by atoms with van der Waals surface area (Å²) in [5.41, 5.74) is 2.14. The van der Waals surface area contributed by atoms with E-state index in [-0.39, 0.29) is 11.8 Å². The number of carbonyl (C=O) groups is 1. The molecule has 28 heavy (non-hydrogen) atoms. The van der Waals surface area contributed by atoms with Gasteiger partial charge in [0.15, 0.2) is 0 Å². The molecule has 3 aromatic rings. The summed E-state index contributed by atoms with van der Waals surface area (Å²) in [6.07, 6.45) is 5.55. The molecule has 1 saturated heterocycles. The number of thiophene rings is 1. The van der Waals surface area contributed by atoms with E-state index in [2.05, 4.69) is 52.2 Å². The van der Waals surface area contributed by atoms with E-state index in [1.54, 1.807) is 17.7 Å². The van der Waals surface area contributed by atoms with Crippen molar-refractivity contribution < 1.29 is 4.79 Å². The fraction of sp³-hybridized carbons (Fsp3) is 0.409. The van der Waals surface area contributed by atoms with Gasteiger partial charge < -0.3 is 10.2 Å². The molecule has 3 heterocycles. The van der Waals surface area contributed by atoms with Gasteiger partial charge >= 0.3 is 0 Å². The standard InChI is InChI=1S/C22H26N4OS/c1-3-15-7-9-17(10-8-15)25-21(27)16-6-5-11-26(13-16)20-19-12-18(4-2)28-22(19)24-14-23-20/h7-10,12,14,16H,3-6,11,13H2,1-2H3,(H,25,27)/t16-/m0/s1. The van der Waals surface area contributed by atoms with Crippen LogP contribution in [-0.2, 0) is 17.6 Å². The van der Waals surface area contributed by atoms with Crippen LogP contribution in [0.3, 0.4) is 0 Å². The molecule has 1 aromatic carbocycles. The highest BCUT2D eigenvalue weighted by Crippen LogP contribution is 2.32. The number of rotatable bonds is 5. The molecule has 2 aromatic heterocycles. The molecule has 0 unspecified atom stereocenters. The van der Waals surface area contributed by atoms with Crippen LogP contribution >= 0.6 is 11.3 Å². The van der Waals surface area contributed by atoms with Crippen molar-refractivity contribution in [3.05, 3.63) is 47.1 Å². The molecule has 1 aliphatic heterocycles. The number of anilines is 2. The molecule has 0 saturated carbocycles. The van der Waals surface area contributed by atoms with E-state index < -0.39 is 0 Å². The SMILES string of the molecule is CCc1ccc(NC(=O)[C@H]2CCCN(c3ncnc4sc(CC)cc34)C2)cc1. The van der Waals surface area contributed by atoms with Crippen molar-refractivity contribution in [3.63, 3.8) is 0 Å². The predicted octanol–water partition coefficient (Wildman–Crippen LogP) is 4.67. The minimum Gasteiger partial charge on any atom is -0.355 e. The summed E-state index contributed by atoms with van der Waals surface area (Å²) >= 11 is 1.73. The number of nitrogens with zero attached hydrogens (tertiary/aromatic N) is 3. The Kier molecular flexibility index (Phi) is 5.57. The number of amides is 1. The van der Waals surface area contributed by atoms with E-state index in [0.29, 0.717) is 6.54 Å². The van der Waals surface area contributed by atoms with Crippen molar-refractivity contribution in [3.8, 4) is 0 Å². The molecular weight excluding hydrogens is 368 g/mol. The van der Waals surface area contributed by atoms with Crippen LogP contribution in [0, 0.1) is 5.92 Å². The molecule has 1 fully saturated rings. The molecule has 1 N–H and O–H groups in total. The van der Waals surface area contributed by atoms with Gasteiger partial charge in [0.25, 0.3) is 0 Å². The van der Waals surface area contributed by atoms with E-state index in [1.165, 1.54) is 10.4 Å². The van der Waals surface area contributed by atoms with E-state index in [0.717, 1.165) is 53.9 Å². The number of aryl methyl sites for hydroxylation is 2. The van der Waals surface area contributed by atoms with Gasteiger partial charge in [-0.25, -0.2) is 9.97 Å². The lowest BCUT2D eigenvalue weighted by atomic mass is 9.96. The fourth-order valence-corrected chi connectivity index (χ4v) is 4.70. The van der Waals surface area contributed by atoms with E-state index in [1.807, 2.05) is 12.1 Å². The second-order valence-corrected chi connectivity index (χ2v) is 8.42. The Morgan fingerprint density at radius 1 is 1.21 bits per heavy atom. The first-order valence-electron chi connectivity index (χ1n) is 10.1. The third kappa shape index (κ3) is 3.87. The highest BCUT2D eigenvalue weighted by atomic mass is 32.1. The smallest absolute Gasteiger partial charge is 0.229 e. The molecule has 1 atom stereocenters. The van der Waals surface area contributed by atoms with Crippen molar-refractivity contribution in [1.29, 1.82) is 0 Å². The van der Waals surface area contributed by atoms with Crippen LogP contribution in [0.25, 0.3) is 10.2 Å². The summed E-state index contributed by atoms with van der Waals surface area (Å²) in [6, 6.07) is 10.3. The molecule has 6 heteroatoms. The van der Waals surface area contributed by atoms with Crippen LogP contribution in [0.2, 0.25) is 0 Å². The van der Waals surface area contributed by atoms with Crippen LogP contribution in [0.4, 0.5) is 11.5 Å². The van der Waals surface area contributed by atoms with Crippen molar-refractivity contribution in [1.82, 2.24) is 9.97 Å². The molecule has 0 aliphatic carbocycles. The van der Waals surface area contributed by atoms with E-state index in [4.69, 9.17) is 0 Å². The normalized spacial score (nSPS) is 17.1. The molecule has 1 amide bonds. The maximum absolute atomic E-state index is 12.8. The number of hydrogen-bond donors (Lipinski definition) is 1. The molecule has 146 valence electrons. The lowest BCUT2D eigenvalue weighted by molar-refractivity contribution is -0.120. The first-order valence-corrected chi connectivity index (χ1v) is 10.9. The van der Waals surface area contributed by atoms with Crippen molar-refractivity contribution in [2.45, 2.75) is 39.5 Å². The van der Waals surface area contributed by atoms with Gasteiger partial charge in [0.1, 0.15) is 17.0 Å². The summed E-state index contributed by atoms with van der Waals surface area (Å²) in [5, 5.41) is 4.20. The number of benzene rings is 1. The van der Waals surface area contributed by atoms with Crippen molar-refractivity contribution >= 4 is 39.0 Å². The molecule has 0 bridgehead atoms. The number of nitrogens with one attached hydrogen (secondary N) is 1. The Hall–Kier alpha value is -2.47. The Labute approximate surface area is 169 Å². The summed E-state index contributed by atoms with van der Waals surface area (Å²) in [4.78, 5) is 26.4. The van der Waals surface area contributed by atoms with Crippen molar-refractivity contribution in [2.24, 2.45) is 5.92 Å². The average Bonchev–Trinajstić information content (AvgIpc) is 3.18. The average molecular weight is 395 g/mol. The molecule has 1 aliphatic rings. The molecule has 0 spiro atoms. The van der Waals surface area contributed by atoms with Gasteiger partial charge in [-0.3, -0.25) is 4.79 Å². The minimum atomic E-state index is -0.0334. The molecule has 5 nitrogen and oxygen atoms in total. The second kappa shape index (κ2) is 8.27. The van der Waals surface area contributed by atoms with Gasteiger partial charge in [0.2, 0.25) is 5.91 Å². The number of hydrogen-bond acceptors (Lipinski definition) is 5. The van der Waals surface area contributed by atoms with Gasteiger partial charge in [0.05, 0.1) is 11.3 Å².